The summed E-state index contributed by atoms with van der Waals surface area (Å²) < 4.78 is 0. The van der Waals surface area contributed by atoms with Crippen molar-refractivity contribution < 1.29 is 14.7 Å². The Morgan fingerprint density at radius 2 is 2.00 bits per heavy atom. The van der Waals surface area contributed by atoms with Crippen molar-refractivity contribution in [3.63, 3.8) is 0 Å². The van der Waals surface area contributed by atoms with Crippen LogP contribution in [0, 0.1) is 22.7 Å². The maximum Gasteiger partial charge on any atom is 0.309 e. The number of carbonyl (C=O) groups is 2. The van der Waals surface area contributed by atoms with Gasteiger partial charge in [0.05, 0.1) is 5.41 Å². The first-order valence-corrected chi connectivity index (χ1v) is 7.81. The Labute approximate surface area is 127 Å². The van der Waals surface area contributed by atoms with E-state index >= 15 is 0 Å². The molecule has 2 saturated carbocycles. The fourth-order valence-electron chi connectivity index (χ4n) is 4.73. The molecule has 0 radical (unpaired) electrons. The summed E-state index contributed by atoms with van der Waals surface area (Å²) in [5.41, 5.74) is 0.378. The molecule has 0 unspecified atom stereocenters. The molecule has 0 aromatic rings. The van der Waals surface area contributed by atoms with Crippen LogP contribution in [0.15, 0.2) is 24.3 Å². The van der Waals surface area contributed by atoms with Gasteiger partial charge in [0, 0.05) is 5.92 Å². The molecule has 0 spiro atoms. The van der Waals surface area contributed by atoms with Crippen LogP contribution in [-0.2, 0) is 9.59 Å². The van der Waals surface area contributed by atoms with E-state index in [-0.39, 0.29) is 23.0 Å². The van der Waals surface area contributed by atoms with Gasteiger partial charge in [-0.3, -0.25) is 9.59 Å². The second kappa shape index (κ2) is 5.43. The van der Waals surface area contributed by atoms with Gasteiger partial charge in [-0.2, -0.15) is 0 Å². The number of aliphatic carboxylic acids is 1. The van der Waals surface area contributed by atoms with Gasteiger partial charge < -0.3 is 5.11 Å². The largest absolute Gasteiger partial charge is 0.481 e. The molecule has 2 rings (SSSR count). The molecule has 2 fully saturated rings. The van der Waals surface area contributed by atoms with Crippen LogP contribution < -0.4 is 0 Å². The lowest BCUT2D eigenvalue weighted by Crippen LogP contribution is -2.53. The standard InChI is InChI=1S/C18H26O3/c1-12-6-9-15-17(3,14(12)8-7-13(2)19)10-5-11-18(15,4)16(20)21/h7-8,14-15H,1,5-6,9-11H2,2-4H3,(H,20,21)/b8-7+/t14-,15+,17+,18+/m1/s1. The average molecular weight is 290 g/mol. The molecule has 0 aromatic heterocycles. The summed E-state index contributed by atoms with van der Waals surface area (Å²) in [5, 5.41) is 9.73. The Morgan fingerprint density at radius 3 is 2.57 bits per heavy atom. The number of hydrogen-bond acceptors (Lipinski definition) is 2. The first-order chi connectivity index (χ1) is 9.71. The molecule has 3 nitrogen and oxygen atoms in total. The molecule has 116 valence electrons. The van der Waals surface area contributed by atoms with Gasteiger partial charge in [-0.15, -0.1) is 0 Å². The van der Waals surface area contributed by atoms with Crippen molar-refractivity contribution in [2.45, 2.75) is 52.9 Å². The zero-order valence-corrected chi connectivity index (χ0v) is 13.3. The molecule has 0 saturated heterocycles. The number of rotatable bonds is 3. The van der Waals surface area contributed by atoms with E-state index in [9.17, 15) is 14.7 Å². The van der Waals surface area contributed by atoms with Crippen molar-refractivity contribution in [3.8, 4) is 0 Å². The first kappa shape index (κ1) is 16.0. The molecule has 1 N–H and O–H groups in total. The molecule has 2 aliphatic carbocycles. The third kappa shape index (κ3) is 2.58. The highest BCUT2D eigenvalue weighted by Gasteiger charge is 2.56. The second-order valence-corrected chi connectivity index (χ2v) is 7.28. The minimum Gasteiger partial charge on any atom is -0.481 e. The maximum absolute atomic E-state index is 11.8. The minimum atomic E-state index is -0.680. The zero-order valence-electron chi connectivity index (χ0n) is 13.3. The van der Waals surface area contributed by atoms with E-state index < -0.39 is 11.4 Å². The normalized spacial score (nSPS) is 40.0. The number of hydrogen-bond donors (Lipinski definition) is 1. The Morgan fingerprint density at radius 1 is 1.33 bits per heavy atom. The van der Waals surface area contributed by atoms with Crippen LogP contribution in [0.25, 0.3) is 0 Å². The summed E-state index contributed by atoms with van der Waals surface area (Å²) in [7, 11) is 0. The van der Waals surface area contributed by atoms with Crippen molar-refractivity contribution in [1.82, 2.24) is 0 Å². The molecule has 0 aliphatic heterocycles. The Balaban J connectivity index is 2.42. The van der Waals surface area contributed by atoms with Gasteiger partial charge in [0.25, 0.3) is 0 Å². The number of fused-ring (bicyclic) bond motifs is 1. The zero-order chi connectivity index (χ0) is 15.8. The van der Waals surface area contributed by atoms with Gasteiger partial charge in [-0.1, -0.05) is 31.6 Å². The monoisotopic (exact) mass is 290 g/mol. The molecule has 4 atom stereocenters. The SMILES string of the molecule is C=C1CC[C@H]2[C@@](C)(CCC[C@]2(C)C(=O)O)[C@@H]1/C=C/C(C)=O. The highest BCUT2D eigenvalue weighted by molar-refractivity contribution is 5.87. The summed E-state index contributed by atoms with van der Waals surface area (Å²) in [4.78, 5) is 23.1. The topological polar surface area (TPSA) is 54.4 Å². The fourth-order valence-corrected chi connectivity index (χ4v) is 4.73. The van der Waals surface area contributed by atoms with Crippen LogP contribution >= 0.6 is 0 Å². The summed E-state index contributed by atoms with van der Waals surface area (Å²) >= 11 is 0. The van der Waals surface area contributed by atoms with E-state index in [1.807, 2.05) is 13.0 Å². The third-order valence-corrected chi connectivity index (χ3v) is 5.89. The predicted octanol–water partition coefficient (Wildman–Crippen LogP) is 4.00. The van der Waals surface area contributed by atoms with Gasteiger partial charge in [0.1, 0.15) is 0 Å². The van der Waals surface area contributed by atoms with E-state index in [1.54, 1.807) is 13.0 Å². The predicted molar refractivity (Wildman–Crippen MR) is 82.9 cm³/mol. The molecule has 3 heteroatoms. The molecule has 21 heavy (non-hydrogen) atoms. The maximum atomic E-state index is 11.8. The van der Waals surface area contributed by atoms with Crippen LogP contribution in [0.3, 0.4) is 0 Å². The third-order valence-electron chi connectivity index (χ3n) is 5.89. The van der Waals surface area contributed by atoms with Gasteiger partial charge in [-0.05, 0) is 56.9 Å². The lowest BCUT2D eigenvalue weighted by Gasteiger charge is -2.56. The number of carboxylic acids is 1. The van der Waals surface area contributed by atoms with Crippen molar-refractivity contribution in [2.75, 3.05) is 0 Å². The molecule has 0 amide bonds. The fraction of sp³-hybridized carbons (Fsp3) is 0.667. The molecular weight excluding hydrogens is 264 g/mol. The van der Waals surface area contributed by atoms with Crippen molar-refractivity contribution in [2.24, 2.45) is 22.7 Å². The van der Waals surface area contributed by atoms with E-state index in [2.05, 4.69) is 13.5 Å². The van der Waals surface area contributed by atoms with Crippen LogP contribution in [0.1, 0.15) is 52.9 Å². The number of carbonyl (C=O) groups excluding carboxylic acids is 1. The Bertz CT molecular complexity index is 505. The Hall–Kier alpha value is -1.38. The number of carboxylic acid groups (broad SMARTS) is 1. The lowest BCUT2D eigenvalue weighted by molar-refractivity contribution is -0.163. The molecule has 0 heterocycles. The Kier molecular flexibility index (Phi) is 4.14. The van der Waals surface area contributed by atoms with Gasteiger partial charge in [-0.25, -0.2) is 0 Å². The van der Waals surface area contributed by atoms with Gasteiger partial charge >= 0.3 is 5.97 Å². The summed E-state index contributed by atoms with van der Waals surface area (Å²) in [6.45, 7) is 9.83. The first-order valence-electron chi connectivity index (χ1n) is 7.81. The van der Waals surface area contributed by atoms with E-state index in [4.69, 9.17) is 0 Å². The highest BCUT2D eigenvalue weighted by Crippen LogP contribution is 2.61. The van der Waals surface area contributed by atoms with E-state index in [1.165, 1.54) is 0 Å². The smallest absolute Gasteiger partial charge is 0.309 e. The van der Waals surface area contributed by atoms with E-state index in [0.29, 0.717) is 0 Å². The molecule has 0 bridgehead atoms. The van der Waals surface area contributed by atoms with Crippen LogP contribution in [0.5, 0.6) is 0 Å². The molecular formula is C18H26O3. The number of ketones is 1. The number of allylic oxidation sites excluding steroid dienone is 3. The quantitative estimate of drug-likeness (QED) is 0.631. The highest BCUT2D eigenvalue weighted by atomic mass is 16.4. The second-order valence-electron chi connectivity index (χ2n) is 7.28. The summed E-state index contributed by atoms with van der Waals surface area (Å²) in [6, 6.07) is 0. The van der Waals surface area contributed by atoms with Crippen LogP contribution in [0.4, 0.5) is 0 Å². The summed E-state index contributed by atoms with van der Waals surface area (Å²) in [6.07, 6.45) is 8.01. The van der Waals surface area contributed by atoms with Gasteiger partial charge in [0.15, 0.2) is 5.78 Å². The average Bonchev–Trinajstić information content (AvgIpc) is 2.36. The summed E-state index contributed by atoms with van der Waals surface area (Å²) in [5.74, 6) is -0.395. The molecule has 2 aliphatic rings. The van der Waals surface area contributed by atoms with Crippen molar-refractivity contribution in [3.05, 3.63) is 24.3 Å². The lowest BCUT2D eigenvalue weighted by atomic mass is 9.47. The van der Waals surface area contributed by atoms with Crippen molar-refractivity contribution in [1.29, 1.82) is 0 Å². The molecule has 0 aromatic carbocycles. The minimum absolute atomic E-state index is 0.0327. The van der Waals surface area contributed by atoms with Crippen LogP contribution in [0.2, 0.25) is 0 Å². The van der Waals surface area contributed by atoms with E-state index in [0.717, 1.165) is 37.7 Å². The van der Waals surface area contributed by atoms with Crippen molar-refractivity contribution >= 4 is 11.8 Å². The van der Waals surface area contributed by atoms with Crippen LogP contribution in [-0.4, -0.2) is 16.9 Å². The van der Waals surface area contributed by atoms with Gasteiger partial charge in [0.2, 0.25) is 0 Å².